The molecule has 0 unspecified atom stereocenters. The molecule has 0 aliphatic carbocycles. The van der Waals surface area contributed by atoms with Crippen LogP contribution in [0, 0.1) is 11.3 Å². The predicted molar refractivity (Wildman–Crippen MR) is 101 cm³/mol. The molecule has 0 spiro atoms. The molecular formula is C20H21N3O5. The van der Waals surface area contributed by atoms with Crippen LogP contribution in [0.1, 0.15) is 17.5 Å². The maximum absolute atomic E-state index is 11.9. The topological polar surface area (TPSA) is 110 Å². The summed E-state index contributed by atoms with van der Waals surface area (Å²) in [6, 6.07) is 13.8. The summed E-state index contributed by atoms with van der Waals surface area (Å²) in [6.07, 6.45) is 0.663. The molecule has 28 heavy (non-hydrogen) atoms. The molecule has 0 saturated heterocycles. The highest BCUT2D eigenvalue weighted by Gasteiger charge is 2.08. The van der Waals surface area contributed by atoms with Crippen LogP contribution in [0.15, 0.2) is 42.5 Å². The molecule has 8 nitrogen and oxygen atoms in total. The maximum atomic E-state index is 11.9. The minimum Gasteiger partial charge on any atom is -0.493 e. The molecule has 0 atom stereocenters. The quantitative estimate of drug-likeness (QED) is 0.672. The predicted octanol–water partition coefficient (Wildman–Crippen LogP) is 1.73. The van der Waals surface area contributed by atoms with Crippen LogP contribution in [0.4, 0.5) is 0 Å². The molecule has 2 aromatic carbocycles. The largest absolute Gasteiger partial charge is 0.493 e. The molecule has 0 bridgehead atoms. The molecule has 146 valence electrons. The molecule has 2 rings (SSSR count). The zero-order valence-electron chi connectivity index (χ0n) is 15.7. The highest BCUT2D eigenvalue weighted by Crippen LogP contribution is 2.27. The van der Waals surface area contributed by atoms with E-state index >= 15 is 0 Å². The van der Waals surface area contributed by atoms with Gasteiger partial charge in [0.05, 0.1) is 25.9 Å². The number of amides is 2. The summed E-state index contributed by atoms with van der Waals surface area (Å²) in [6.45, 7) is -0.262. The number of benzene rings is 2. The molecule has 0 radical (unpaired) electrons. The van der Waals surface area contributed by atoms with Gasteiger partial charge in [0.1, 0.15) is 5.75 Å². The van der Waals surface area contributed by atoms with Crippen molar-refractivity contribution >= 4 is 11.8 Å². The van der Waals surface area contributed by atoms with Gasteiger partial charge >= 0.3 is 0 Å². The van der Waals surface area contributed by atoms with E-state index in [9.17, 15) is 9.59 Å². The molecule has 0 aliphatic heterocycles. The summed E-state index contributed by atoms with van der Waals surface area (Å²) in [4.78, 5) is 23.6. The fourth-order valence-electron chi connectivity index (χ4n) is 2.31. The van der Waals surface area contributed by atoms with Crippen molar-refractivity contribution in [3.63, 3.8) is 0 Å². The molecule has 2 N–H and O–H groups in total. The van der Waals surface area contributed by atoms with Crippen molar-refractivity contribution in [3.8, 4) is 23.3 Å². The number of hydrogen-bond donors (Lipinski definition) is 2. The number of carbonyl (C=O) groups is 2. The molecule has 2 amide bonds. The first kappa shape index (κ1) is 20.6. The fraction of sp³-hybridized carbons (Fsp3) is 0.250. The number of carbonyl (C=O) groups excluding carboxylic acids is 2. The minimum absolute atomic E-state index is 0.187. The van der Waals surface area contributed by atoms with E-state index in [1.165, 1.54) is 0 Å². The summed E-state index contributed by atoms with van der Waals surface area (Å²) in [5.74, 6) is 0.832. The van der Waals surface area contributed by atoms with E-state index < -0.39 is 5.91 Å². The monoisotopic (exact) mass is 383 g/mol. The molecule has 2 aromatic rings. The molecule has 8 heteroatoms. The lowest BCUT2D eigenvalue weighted by molar-refractivity contribution is -0.130. The number of rotatable bonds is 8. The van der Waals surface area contributed by atoms with E-state index in [0.29, 0.717) is 29.2 Å². The zero-order valence-corrected chi connectivity index (χ0v) is 15.7. The molecule has 0 aromatic heterocycles. The number of nitrogens with zero attached hydrogens (tertiary/aromatic N) is 1. The van der Waals surface area contributed by atoms with Crippen molar-refractivity contribution in [3.05, 3.63) is 53.6 Å². The van der Waals surface area contributed by atoms with Crippen molar-refractivity contribution < 1.29 is 23.8 Å². The Kier molecular flexibility index (Phi) is 7.66. The fourth-order valence-corrected chi connectivity index (χ4v) is 2.31. The van der Waals surface area contributed by atoms with E-state index in [4.69, 9.17) is 19.5 Å². The maximum Gasteiger partial charge on any atom is 0.276 e. The first-order valence-corrected chi connectivity index (χ1v) is 8.47. The van der Waals surface area contributed by atoms with Crippen LogP contribution in [0.2, 0.25) is 0 Å². The molecule has 0 saturated carbocycles. The Morgan fingerprint density at radius 1 is 0.964 bits per heavy atom. The van der Waals surface area contributed by atoms with Gasteiger partial charge < -0.3 is 14.2 Å². The number of hydrazine groups is 1. The second-order valence-corrected chi connectivity index (χ2v) is 5.71. The Bertz CT molecular complexity index is 859. The SMILES string of the molecule is COc1ccc(CCC(=O)NNC(=O)COc2ccc(C#N)cc2)cc1OC. The summed E-state index contributed by atoms with van der Waals surface area (Å²) in [5, 5.41) is 8.73. The third-order valence-electron chi connectivity index (χ3n) is 3.78. The second kappa shape index (κ2) is 10.4. The molecule has 0 fully saturated rings. The van der Waals surface area contributed by atoms with Gasteiger partial charge in [-0.2, -0.15) is 5.26 Å². The second-order valence-electron chi connectivity index (χ2n) is 5.71. The summed E-state index contributed by atoms with van der Waals surface area (Å²) >= 11 is 0. The Balaban J connectivity index is 1.71. The number of ether oxygens (including phenoxy) is 3. The van der Waals surface area contributed by atoms with Gasteiger partial charge in [0, 0.05) is 6.42 Å². The van der Waals surface area contributed by atoms with Crippen LogP contribution in [-0.4, -0.2) is 32.6 Å². The Morgan fingerprint density at radius 2 is 1.64 bits per heavy atom. The first-order valence-electron chi connectivity index (χ1n) is 8.47. The minimum atomic E-state index is -0.496. The number of nitrogens with one attached hydrogen (secondary N) is 2. The Hall–Kier alpha value is -3.73. The number of nitriles is 1. The smallest absolute Gasteiger partial charge is 0.276 e. The normalized spacial score (nSPS) is 9.75. The highest BCUT2D eigenvalue weighted by molar-refractivity contribution is 5.82. The van der Waals surface area contributed by atoms with Gasteiger partial charge in [0.2, 0.25) is 5.91 Å². The summed E-state index contributed by atoms with van der Waals surface area (Å²) in [5.41, 5.74) is 6.04. The van der Waals surface area contributed by atoms with Gasteiger partial charge in [0.15, 0.2) is 18.1 Å². The summed E-state index contributed by atoms with van der Waals surface area (Å²) in [7, 11) is 3.10. The van der Waals surface area contributed by atoms with E-state index in [-0.39, 0.29) is 18.9 Å². The number of hydrogen-bond acceptors (Lipinski definition) is 6. The van der Waals surface area contributed by atoms with Crippen molar-refractivity contribution in [2.24, 2.45) is 0 Å². The third-order valence-corrected chi connectivity index (χ3v) is 3.78. The van der Waals surface area contributed by atoms with Crippen molar-refractivity contribution in [1.29, 1.82) is 5.26 Å². The standard InChI is InChI=1S/C20H21N3O5/c1-26-17-9-5-14(11-18(17)27-2)6-10-19(24)22-23-20(25)13-28-16-7-3-15(12-21)4-8-16/h3-5,7-9,11H,6,10,13H2,1-2H3,(H,22,24)(H,23,25). The van der Waals surface area contributed by atoms with Crippen LogP contribution in [-0.2, 0) is 16.0 Å². The van der Waals surface area contributed by atoms with Crippen molar-refractivity contribution in [1.82, 2.24) is 10.9 Å². The van der Waals surface area contributed by atoms with Crippen molar-refractivity contribution in [2.75, 3.05) is 20.8 Å². The number of methoxy groups -OCH3 is 2. The van der Waals surface area contributed by atoms with E-state index in [1.54, 1.807) is 50.6 Å². The van der Waals surface area contributed by atoms with Gasteiger partial charge in [-0.05, 0) is 48.4 Å². The zero-order chi connectivity index (χ0) is 20.4. The van der Waals surface area contributed by atoms with Gasteiger partial charge in [0.25, 0.3) is 5.91 Å². The lowest BCUT2D eigenvalue weighted by Crippen LogP contribution is -2.43. The molecular weight excluding hydrogens is 362 g/mol. The first-order chi connectivity index (χ1) is 13.5. The van der Waals surface area contributed by atoms with Crippen molar-refractivity contribution in [2.45, 2.75) is 12.8 Å². The Morgan fingerprint density at radius 3 is 2.29 bits per heavy atom. The van der Waals surface area contributed by atoms with Crippen LogP contribution >= 0.6 is 0 Å². The average Bonchev–Trinajstić information content (AvgIpc) is 2.74. The average molecular weight is 383 g/mol. The van der Waals surface area contributed by atoms with Gasteiger partial charge in [-0.1, -0.05) is 6.07 Å². The Labute approximate surface area is 163 Å². The van der Waals surface area contributed by atoms with E-state index in [1.807, 2.05) is 12.1 Å². The van der Waals surface area contributed by atoms with Gasteiger partial charge in [-0.25, -0.2) is 0 Å². The van der Waals surface area contributed by atoms with Crippen LogP contribution in [0.5, 0.6) is 17.2 Å². The van der Waals surface area contributed by atoms with Crippen LogP contribution < -0.4 is 25.1 Å². The van der Waals surface area contributed by atoms with Crippen LogP contribution in [0.25, 0.3) is 0 Å². The van der Waals surface area contributed by atoms with E-state index in [0.717, 1.165) is 5.56 Å². The molecule has 0 aliphatic rings. The third kappa shape index (κ3) is 6.21. The lowest BCUT2D eigenvalue weighted by Gasteiger charge is -2.10. The summed E-state index contributed by atoms with van der Waals surface area (Å²) < 4.78 is 15.7. The van der Waals surface area contributed by atoms with Gasteiger partial charge in [-0.15, -0.1) is 0 Å². The van der Waals surface area contributed by atoms with E-state index in [2.05, 4.69) is 10.9 Å². The number of aryl methyl sites for hydroxylation is 1. The highest BCUT2D eigenvalue weighted by atomic mass is 16.5. The molecule has 0 heterocycles. The van der Waals surface area contributed by atoms with Crippen LogP contribution in [0.3, 0.4) is 0 Å². The van der Waals surface area contributed by atoms with Gasteiger partial charge in [-0.3, -0.25) is 20.4 Å². The lowest BCUT2D eigenvalue weighted by atomic mass is 10.1.